The fourth-order valence-electron chi connectivity index (χ4n) is 5.71. The minimum atomic E-state index is -0.692. The van der Waals surface area contributed by atoms with Crippen LogP contribution in [-0.2, 0) is 19.1 Å². The lowest BCUT2D eigenvalue weighted by molar-refractivity contribution is -0.123. The van der Waals surface area contributed by atoms with E-state index in [-0.39, 0.29) is 29.2 Å². The van der Waals surface area contributed by atoms with E-state index in [1.807, 2.05) is 0 Å². The number of imide groups is 1. The van der Waals surface area contributed by atoms with Crippen LogP contribution in [0.25, 0.3) is 0 Å². The molecule has 5 rings (SSSR count). The lowest BCUT2D eigenvalue weighted by atomic mass is 9.81. The molecule has 182 valence electrons. The number of ether oxygens (including phenoxy) is 3. The summed E-state index contributed by atoms with van der Waals surface area (Å²) in [7, 11) is 2.99. The number of benzene rings is 2. The molecule has 1 saturated heterocycles. The van der Waals surface area contributed by atoms with Crippen molar-refractivity contribution in [2.45, 2.75) is 19.3 Å². The summed E-state index contributed by atoms with van der Waals surface area (Å²) in [6.45, 7) is -0.495. The molecule has 2 aliphatic carbocycles. The molecule has 9 nitrogen and oxygen atoms in total. The van der Waals surface area contributed by atoms with E-state index in [2.05, 4.69) is 5.32 Å². The van der Waals surface area contributed by atoms with E-state index in [1.165, 1.54) is 31.3 Å². The number of methoxy groups -OCH3 is 2. The fraction of sp³-hybridized carbons (Fsp3) is 0.385. The van der Waals surface area contributed by atoms with Crippen molar-refractivity contribution in [2.24, 2.45) is 23.7 Å². The predicted octanol–water partition coefficient (Wildman–Crippen LogP) is 3.03. The van der Waals surface area contributed by atoms with E-state index in [0.29, 0.717) is 34.7 Å². The van der Waals surface area contributed by atoms with Crippen LogP contribution in [0.5, 0.6) is 11.5 Å². The second-order valence-corrected chi connectivity index (χ2v) is 9.13. The molecule has 1 N–H and O–H groups in total. The lowest BCUT2D eigenvalue weighted by Gasteiger charge is -2.19. The molecule has 0 unspecified atom stereocenters. The Kier molecular flexibility index (Phi) is 5.92. The quantitative estimate of drug-likeness (QED) is 0.481. The lowest BCUT2D eigenvalue weighted by Crippen LogP contribution is -2.32. The van der Waals surface area contributed by atoms with Crippen molar-refractivity contribution < 1.29 is 33.4 Å². The first kappa shape index (κ1) is 22.9. The molecule has 3 aliphatic rings. The third kappa shape index (κ3) is 4.00. The third-order valence-electron chi connectivity index (χ3n) is 7.31. The van der Waals surface area contributed by atoms with Gasteiger partial charge in [0.15, 0.2) is 6.61 Å². The maximum absolute atomic E-state index is 13.0. The van der Waals surface area contributed by atoms with Gasteiger partial charge in [0, 0.05) is 6.07 Å². The van der Waals surface area contributed by atoms with Crippen LogP contribution in [0.3, 0.4) is 0 Å². The second kappa shape index (κ2) is 9.05. The van der Waals surface area contributed by atoms with E-state index in [4.69, 9.17) is 14.2 Å². The molecule has 2 bridgehead atoms. The van der Waals surface area contributed by atoms with Gasteiger partial charge in [-0.25, -0.2) is 4.79 Å². The molecule has 0 spiro atoms. The molecule has 9 heteroatoms. The van der Waals surface area contributed by atoms with Gasteiger partial charge in [0.05, 0.1) is 43.0 Å². The summed E-state index contributed by atoms with van der Waals surface area (Å²) in [4.78, 5) is 51.9. The van der Waals surface area contributed by atoms with Crippen LogP contribution in [0, 0.1) is 23.7 Å². The van der Waals surface area contributed by atoms with Crippen molar-refractivity contribution in [2.75, 3.05) is 31.0 Å². The zero-order valence-electron chi connectivity index (χ0n) is 19.5. The van der Waals surface area contributed by atoms with Crippen molar-refractivity contribution in [1.29, 1.82) is 0 Å². The Morgan fingerprint density at radius 2 is 1.60 bits per heavy atom. The normalized spacial score (nSPS) is 24.3. The number of nitrogens with zero attached hydrogens (tertiary/aromatic N) is 1. The van der Waals surface area contributed by atoms with Crippen molar-refractivity contribution in [1.82, 2.24) is 0 Å². The Morgan fingerprint density at radius 3 is 2.20 bits per heavy atom. The first-order valence-electron chi connectivity index (χ1n) is 11.6. The van der Waals surface area contributed by atoms with Gasteiger partial charge >= 0.3 is 5.97 Å². The van der Waals surface area contributed by atoms with Gasteiger partial charge in [0.25, 0.3) is 5.91 Å². The second-order valence-electron chi connectivity index (χ2n) is 9.13. The number of anilines is 2. The summed E-state index contributed by atoms with van der Waals surface area (Å²) in [5.41, 5.74) is 1.08. The Hall–Kier alpha value is -3.88. The van der Waals surface area contributed by atoms with Crippen LogP contribution in [0.2, 0.25) is 0 Å². The zero-order chi connectivity index (χ0) is 24.7. The molecule has 2 saturated carbocycles. The maximum atomic E-state index is 13.0. The van der Waals surface area contributed by atoms with Gasteiger partial charge in [0.2, 0.25) is 11.8 Å². The number of amides is 3. The summed E-state index contributed by atoms with van der Waals surface area (Å²) in [6, 6.07) is 11.0. The summed E-state index contributed by atoms with van der Waals surface area (Å²) in [6.07, 6.45) is 3.01. The SMILES string of the molecule is COc1ccc(NC(=O)COC(=O)c2ccc(N3C(=O)[C@H]4[C@H]5CC[C@@H](C5)[C@@H]4C3=O)cc2)c(OC)c1. The highest BCUT2D eigenvalue weighted by molar-refractivity contribution is 6.22. The summed E-state index contributed by atoms with van der Waals surface area (Å²) < 4.78 is 15.5. The summed E-state index contributed by atoms with van der Waals surface area (Å²) in [5.74, 6) is -0.293. The molecule has 1 aliphatic heterocycles. The van der Waals surface area contributed by atoms with E-state index in [0.717, 1.165) is 19.3 Å². The molecule has 4 atom stereocenters. The number of carbonyl (C=O) groups is 4. The van der Waals surface area contributed by atoms with E-state index >= 15 is 0 Å². The fourth-order valence-corrected chi connectivity index (χ4v) is 5.71. The minimum Gasteiger partial charge on any atom is -0.497 e. The minimum absolute atomic E-state index is 0.131. The van der Waals surface area contributed by atoms with Gasteiger partial charge in [-0.15, -0.1) is 0 Å². The zero-order valence-corrected chi connectivity index (χ0v) is 19.5. The standard InChI is InChI=1S/C26H26N2O7/c1-33-18-9-10-19(20(12-18)34-2)27-21(29)13-35-26(32)14-5-7-17(8-6-14)28-24(30)22-15-3-4-16(11-15)23(22)25(28)31/h5-10,12,15-16,22-23H,3-4,11,13H2,1-2H3,(H,27,29)/t15-,16-,22-,23-/m0/s1. The van der Waals surface area contributed by atoms with Crippen molar-refractivity contribution in [3.8, 4) is 11.5 Å². The molecule has 0 aromatic heterocycles. The van der Waals surface area contributed by atoms with Crippen LogP contribution < -0.4 is 19.7 Å². The van der Waals surface area contributed by atoms with Crippen LogP contribution in [0.4, 0.5) is 11.4 Å². The molecule has 3 amide bonds. The average Bonchev–Trinajstić information content (AvgIpc) is 3.56. The van der Waals surface area contributed by atoms with Gasteiger partial charge in [-0.1, -0.05) is 0 Å². The number of esters is 1. The predicted molar refractivity (Wildman–Crippen MR) is 125 cm³/mol. The highest BCUT2D eigenvalue weighted by Crippen LogP contribution is 2.56. The molecule has 3 fully saturated rings. The summed E-state index contributed by atoms with van der Waals surface area (Å²) >= 11 is 0. The van der Waals surface area contributed by atoms with Crippen molar-refractivity contribution >= 4 is 35.1 Å². The molecule has 0 radical (unpaired) electrons. The maximum Gasteiger partial charge on any atom is 0.338 e. The third-order valence-corrected chi connectivity index (χ3v) is 7.31. The van der Waals surface area contributed by atoms with Gasteiger partial charge in [0.1, 0.15) is 11.5 Å². The van der Waals surface area contributed by atoms with Gasteiger partial charge in [-0.2, -0.15) is 0 Å². The monoisotopic (exact) mass is 478 g/mol. The average molecular weight is 479 g/mol. The van der Waals surface area contributed by atoms with Crippen LogP contribution in [-0.4, -0.2) is 44.5 Å². The molecule has 1 heterocycles. The Labute approximate surface area is 202 Å². The largest absolute Gasteiger partial charge is 0.497 e. The van der Waals surface area contributed by atoms with Crippen molar-refractivity contribution in [3.63, 3.8) is 0 Å². The first-order valence-corrected chi connectivity index (χ1v) is 11.6. The Balaban J connectivity index is 1.19. The molecule has 35 heavy (non-hydrogen) atoms. The first-order chi connectivity index (χ1) is 16.9. The smallest absolute Gasteiger partial charge is 0.338 e. The van der Waals surface area contributed by atoms with Gasteiger partial charge < -0.3 is 19.5 Å². The van der Waals surface area contributed by atoms with E-state index in [9.17, 15) is 19.2 Å². The Bertz CT molecular complexity index is 1160. The highest BCUT2D eigenvalue weighted by Gasteiger charge is 2.61. The number of hydrogen-bond acceptors (Lipinski definition) is 7. The Morgan fingerprint density at radius 1 is 0.943 bits per heavy atom. The number of carbonyl (C=O) groups excluding carboxylic acids is 4. The number of rotatable bonds is 7. The molecular weight excluding hydrogens is 452 g/mol. The molecule has 2 aromatic rings. The highest BCUT2D eigenvalue weighted by atomic mass is 16.5. The van der Waals surface area contributed by atoms with E-state index < -0.39 is 18.5 Å². The van der Waals surface area contributed by atoms with Crippen LogP contribution >= 0.6 is 0 Å². The van der Waals surface area contributed by atoms with Crippen LogP contribution in [0.1, 0.15) is 29.6 Å². The van der Waals surface area contributed by atoms with Gasteiger partial charge in [-0.3, -0.25) is 19.3 Å². The van der Waals surface area contributed by atoms with Crippen molar-refractivity contribution in [3.05, 3.63) is 48.0 Å². The number of hydrogen-bond donors (Lipinski definition) is 1. The van der Waals surface area contributed by atoms with E-state index in [1.54, 1.807) is 30.3 Å². The number of fused-ring (bicyclic) bond motifs is 5. The summed E-state index contributed by atoms with van der Waals surface area (Å²) in [5, 5.41) is 2.63. The van der Waals surface area contributed by atoms with Gasteiger partial charge in [-0.05, 0) is 67.5 Å². The van der Waals surface area contributed by atoms with Crippen LogP contribution in [0.15, 0.2) is 42.5 Å². The topological polar surface area (TPSA) is 111 Å². The molecular formula is C26H26N2O7. The number of nitrogens with one attached hydrogen (secondary N) is 1. The molecule has 2 aromatic carbocycles.